The van der Waals surface area contributed by atoms with E-state index in [1.807, 2.05) is 0 Å². The van der Waals surface area contributed by atoms with Crippen molar-refractivity contribution in [3.05, 3.63) is 51.4 Å². The largest absolute Gasteiger partial charge is 0.462 e. The number of hydrogen-bond donors (Lipinski definition) is 0. The van der Waals surface area contributed by atoms with E-state index < -0.39 is 5.92 Å². The van der Waals surface area contributed by atoms with Gasteiger partial charge in [0.1, 0.15) is 10.9 Å². The summed E-state index contributed by atoms with van der Waals surface area (Å²) in [4.78, 5) is 43.2. The average molecular weight is 381 g/mol. The van der Waals surface area contributed by atoms with Crippen LogP contribution < -0.4 is 0 Å². The molecule has 0 radical (unpaired) electrons. The number of esters is 1. The molecule has 1 aromatic heterocycles. The molecule has 1 aromatic carbocycles. The van der Waals surface area contributed by atoms with E-state index in [1.54, 1.807) is 31.2 Å². The quantitative estimate of drug-likeness (QED) is 0.452. The highest BCUT2D eigenvalue weighted by Gasteiger charge is 2.37. The number of rotatable bonds is 4. The zero-order valence-corrected chi connectivity index (χ0v) is 15.8. The van der Waals surface area contributed by atoms with E-state index in [0.717, 1.165) is 36.1 Å². The number of hydrogen-bond acceptors (Lipinski definition) is 6. The number of carbonyl (C=O) groups is 3. The SMILES string of the molecule is CCOC(=O)c1c(N=CC2C(=O)c3ccccc3C2=O)sc2c1CCCC2. The van der Waals surface area contributed by atoms with E-state index in [1.165, 1.54) is 17.6 Å². The molecule has 0 aliphatic heterocycles. The molecule has 2 aromatic rings. The third kappa shape index (κ3) is 3.04. The maximum Gasteiger partial charge on any atom is 0.341 e. The van der Waals surface area contributed by atoms with Gasteiger partial charge < -0.3 is 4.74 Å². The van der Waals surface area contributed by atoms with Gasteiger partial charge in [-0.3, -0.25) is 9.59 Å². The molecular weight excluding hydrogens is 362 g/mol. The summed E-state index contributed by atoms with van der Waals surface area (Å²) in [6.45, 7) is 2.06. The number of fused-ring (bicyclic) bond motifs is 2. The van der Waals surface area contributed by atoms with Crippen molar-refractivity contribution >= 4 is 40.1 Å². The highest BCUT2D eigenvalue weighted by Crippen LogP contribution is 2.40. The molecule has 4 rings (SSSR count). The minimum atomic E-state index is -0.920. The summed E-state index contributed by atoms with van der Waals surface area (Å²) in [7, 11) is 0. The molecule has 27 heavy (non-hydrogen) atoms. The second-order valence-electron chi connectivity index (χ2n) is 6.64. The van der Waals surface area contributed by atoms with Gasteiger partial charge >= 0.3 is 5.97 Å². The van der Waals surface area contributed by atoms with E-state index in [4.69, 9.17) is 4.74 Å². The molecule has 0 saturated heterocycles. The second-order valence-corrected chi connectivity index (χ2v) is 7.73. The van der Waals surface area contributed by atoms with Gasteiger partial charge in [0.2, 0.25) is 0 Å². The van der Waals surface area contributed by atoms with Gasteiger partial charge in [-0.05, 0) is 38.2 Å². The number of nitrogens with zero attached hydrogens (tertiary/aromatic N) is 1. The van der Waals surface area contributed by atoms with Crippen molar-refractivity contribution in [1.82, 2.24) is 0 Å². The lowest BCUT2D eigenvalue weighted by Gasteiger charge is -2.11. The lowest BCUT2D eigenvalue weighted by Crippen LogP contribution is -2.16. The molecule has 5 nitrogen and oxygen atoms in total. The van der Waals surface area contributed by atoms with Crippen molar-refractivity contribution in [3.8, 4) is 0 Å². The van der Waals surface area contributed by atoms with Crippen molar-refractivity contribution in [2.45, 2.75) is 32.6 Å². The van der Waals surface area contributed by atoms with Gasteiger partial charge in [0.15, 0.2) is 11.6 Å². The molecule has 0 fully saturated rings. The van der Waals surface area contributed by atoms with Gasteiger partial charge in [-0.1, -0.05) is 24.3 Å². The first-order valence-electron chi connectivity index (χ1n) is 9.15. The molecule has 0 spiro atoms. The van der Waals surface area contributed by atoms with Crippen LogP contribution >= 0.6 is 11.3 Å². The van der Waals surface area contributed by atoms with Crippen molar-refractivity contribution in [1.29, 1.82) is 0 Å². The maximum atomic E-state index is 12.5. The Labute approximate surface area is 161 Å². The highest BCUT2D eigenvalue weighted by atomic mass is 32.1. The Bertz CT molecular complexity index is 938. The van der Waals surface area contributed by atoms with Crippen molar-refractivity contribution in [2.24, 2.45) is 10.9 Å². The molecule has 6 heteroatoms. The number of carbonyl (C=O) groups excluding carboxylic acids is 3. The predicted octanol–water partition coefficient (Wildman–Crippen LogP) is 4.20. The molecule has 0 atom stereocenters. The van der Waals surface area contributed by atoms with Crippen LogP contribution in [0.4, 0.5) is 5.00 Å². The summed E-state index contributed by atoms with van der Waals surface area (Å²) in [5.74, 6) is -1.77. The van der Waals surface area contributed by atoms with Crippen LogP contribution in [0.25, 0.3) is 0 Å². The van der Waals surface area contributed by atoms with Crippen LogP contribution in [0, 0.1) is 5.92 Å². The zero-order valence-electron chi connectivity index (χ0n) is 15.0. The van der Waals surface area contributed by atoms with E-state index in [2.05, 4.69) is 4.99 Å². The molecule has 0 unspecified atom stereocenters. The second kappa shape index (κ2) is 7.19. The lowest BCUT2D eigenvalue weighted by molar-refractivity contribution is 0.0526. The highest BCUT2D eigenvalue weighted by molar-refractivity contribution is 7.16. The first kappa shape index (κ1) is 17.8. The molecule has 2 aliphatic carbocycles. The van der Waals surface area contributed by atoms with Crippen molar-refractivity contribution in [2.75, 3.05) is 6.61 Å². The summed E-state index contributed by atoms with van der Waals surface area (Å²) in [6, 6.07) is 6.82. The molecule has 0 N–H and O–H groups in total. The summed E-state index contributed by atoms with van der Waals surface area (Å²) in [6.07, 6.45) is 5.28. The summed E-state index contributed by atoms with van der Waals surface area (Å²) in [5, 5.41) is 0.539. The van der Waals surface area contributed by atoms with Gasteiger partial charge in [-0.25, -0.2) is 9.79 Å². The molecule has 138 valence electrons. The number of aryl methyl sites for hydroxylation is 1. The zero-order chi connectivity index (χ0) is 19.0. The van der Waals surface area contributed by atoms with Crippen LogP contribution in [0.3, 0.4) is 0 Å². The minimum absolute atomic E-state index is 0.238. The van der Waals surface area contributed by atoms with E-state index >= 15 is 0 Å². The molecule has 1 heterocycles. The van der Waals surface area contributed by atoms with Gasteiger partial charge in [-0.15, -0.1) is 11.3 Å². The summed E-state index contributed by atoms with van der Waals surface area (Å²) < 4.78 is 5.22. The van der Waals surface area contributed by atoms with Gasteiger partial charge in [0, 0.05) is 22.2 Å². The predicted molar refractivity (Wildman–Crippen MR) is 104 cm³/mol. The summed E-state index contributed by atoms with van der Waals surface area (Å²) in [5.41, 5.74) is 2.40. The minimum Gasteiger partial charge on any atom is -0.462 e. The third-order valence-corrected chi connectivity index (χ3v) is 6.20. The molecular formula is C21H19NO4S. The number of benzene rings is 1. The summed E-state index contributed by atoms with van der Waals surface area (Å²) >= 11 is 1.46. The number of Topliss-reactive ketones (excluding diaryl/α,β-unsaturated/α-hetero) is 2. The first-order valence-corrected chi connectivity index (χ1v) is 9.96. The van der Waals surface area contributed by atoms with Gasteiger partial charge in [0.05, 0.1) is 12.2 Å². The average Bonchev–Trinajstić information content (AvgIpc) is 3.16. The Morgan fingerprint density at radius 2 is 1.85 bits per heavy atom. The lowest BCUT2D eigenvalue weighted by atomic mass is 9.95. The van der Waals surface area contributed by atoms with Crippen LogP contribution in [0.15, 0.2) is 29.3 Å². The van der Waals surface area contributed by atoms with Crippen LogP contribution in [0.5, 0.6) is 0 Å². The smallest absolute Gasteiger partial charge is 0.341 e. The Morgan fingerprint density at radius 1 is 1.19 bits per heavy atom. The number of ether oxygens (including phenoxy) is 1. The van der Waals surface area contributed by atoms with E-state index in [9.17, 15) is 14.4 Å². The van der Waals surface area contributed by atoms with Crippen molar-refractivity contribution in [3.63, 3.8) is 0 Å². The standard InChI is InChI=1S/C21H19NO4S/c1-2-26-21(25)17-14-9-5-6-10-16(14)27-20(17)22-11-15-18(23)12-7-3-4-8-13(12)19(15)24/h3-4,7-8,11,15H,2,5-6,9-10H2,1H3. The third-order valence-electron chi connectivity index (χ3n) is 5.00. The van der Waals surface area contributed by atoms with Crippen molar-refractivity contribution < 1.29 is 19.1 Å². The molecule has 0 bridgehead atoms. The van der Waals surface area contributed by atoms with Crippen LogP contribution in [0.2, 0.25) is 0 Å². The topological polar surface area (TPSA) is 72.8 Å². The molecule has 0 amide bonds. The van der Waals surface area contributed by atoms with Crippen LogP contribution in [-0.2, 0) is 17.6 Å². The fourth-order valence-corrected chi connectivity index (χ4v) is 4.93. The van der Waals surface area contributed by atoms with Gasteiger partial charge in [-0.2, -0.15) is 0 Å². The normalized spacial score (nSPS) is 16.6. The fraction of sp³-hybridized carbons (Fsp3) is 0.333. The number of aliphatic imine (C=N–C) groups is 1. The number of thiophene rings is 1. The molecule has 2 aliphatic rings. The Kier molecular flexibility index (Phi) is 4.74. The Balaban J connectivity index is 1.69. The van der Waals surface area contributed by atoms with E-state index in [0.29, 0.717) is 28.3 Å². The van der Waals surface area contributed by atoms with E-state index in [-0.39, 0.29) is 17.5 Å². The molecule has 0 saturated carbocycles. The first-order chi connectivity index (χ1) is 13.1. The van der Waals surface area contributed by atoms with Gasteiger partial charge in [0.25, 0.3) is 0 Å². The Morgan fingerprint density at radius 3 is 2.52 bits per heavy atom. The van der Waals surface area contributed by atoms with Crippen LogP contribution in [-0.4, -0.2) is 30.4 Å². The van der Waals surface area contributed by atoms with Crippen LogP contribution in [0.1, 0.15) is 61.3 Å². The number of ketones is 2. The maximum absolute atomic E-state index is 12.5. The Hall–Kier alpha value is -2.60. The monoisotopic (exact) mass is 381 g/mol. The fourth-order valence-electron chi connectivity index (χ4n) is 3.70.